The third-order valence-electron chi connectivity index (χ3n) is 5.56. The van der Waals surface area contributed by atoms with E-state index in [0.29, 0.717) is 5.92 Å². The molecule has 4 nitrogen and oxygen atoms in total. The van der Waals surface area contributed by atoms with Crippen molar-refractivity contribution in [1.82, 2.24) is 4.90 Å². The van der Waals surface area contributed by atoms with Crippen LogP contribution in [0.5, 0.6) is 0 Å². The molecule has 23 heavy (non-hydrogen) atoms. The number of nitrogens with two attached hydrogens (primary N) is 1. The van der Waals surface area contributed by atoms with Gasteiger partial charge < -0.3 is 15.4 Å². The van der Waals surface area contributed by atoms with Crippen molar-refractivity contribution in [2.75, 3.05) is 6.54 Å². The smallest absolute Gasteiger partial charge is 0.242 e. The summed E-state index contributed by atoms with van der Waals surface area (Å²) in [4.78, 5) is 15.1. The Morgan fingerprint density at radius 2 is 1.83 bits per heavy atom. The normalized spacial score (nSPS) is 34.8. The summed E-state index contributed by atoms with van der Waals surface area (Å²) in [6.45, 7) is 0.874. The van der Waals surface area contributed by atoms with Crippen LogP contribution in [0.3, 0.4) is 0 Å². The van der Waals surface area contributed by atoms with Crippen LogP contribution in [0.4, 0.5) is 0 Å². The van der Waals surface area contributed by atoms with Crippen LogP contribution in [0.15, 0.2) is 30.3 Å². The highest BCUT2D eigenvalue weighted by Gasteiger charge is 2.45. The van der Waals surface area contributed by atoms with Gasteiger partial charge >= 0.3 is 0 Å². The molecule has 4 rings (SSSR count). The molecule has 2 N–H and O–H groups in total. The Morgan fingerprint density at radius 1 is 1.09 bits per heavy atom. The summed E-state index contributed by atoms with van der Waals surface area (Å²) in [5.41, 5.74) is 7.40. The molecular weight excluding hydrogens is 288 g/mol. The van der Waals surface area contributed by atoms with Crippen molar-refractivity contribution in [3.05, 3.63) is 35.9 Å². The second-order valence-corrected chi connectivity index (χ2v) is 7.32. The fourth-order valence-electron chi connectivity index (χ4n) is 4.08. The summed E-state index contributed by atoms with van der Waals surface area (Å²) in [6.07, 6.45) is 6.77. The van der Waals surface area contributed by atoms with Gasteiger partial charge in [-0.2, -0.15) is 0 Å². The lowest BCUT2D eigenvalue weighted by Gasteiger charge is -2.38. The molecule has 4 atom stereocenters. The first-order valence-corrected chi connectivity index (χ1v) is 9.00. The second kappa shape index (κ2) is 6.25. The number of nitrogens with zero attached hydrogens (tertiary/aromatic N) is 1. The van der Waals surface area contributed by atoms with Crippen LogP contribution in [0.2, 0.25) is 0 Å². The molecule has 124 valence electrons. The Labute approximate surface area is 138 Å². The number of amides is 1. The van der Waals surface area contributed by atoms with Crippen LogP contribution in [-0.4, -0.2) is 35.5 Å². The molecule has 2 saturated carbocycles. The minimum absolute atomic E-state index is 0.0835. The van der Waals surface area contributed by atoms with E-state index in [9.17, 15) is 4.79 Å². The Hall–Kier alpha value is -1.39. The molecule has 4 heteroatoms. The van der Waals surface area contributed by atoms with Gasteiger partial charge in [0.2, 0.25) is 5.91 Å². The number of carbonyl (C=O) groups is 1. The fourth-order valence-corrected chi connectivity index (χ4v) is 4.08. The number of fused-ring (bicyclic) bond motifs is 1. The summed E-state index contributed by atoms with van der Waals surface area (Å²) < 4.78 is 6.43. The molecule has 3 aliphatic rings. The first-order valence-electron chi connectivity index (χ1n) is 9.00. The maximum atomic E-state index is 13.1. The SMILES string of the molecule is NC1C(=O)N(CC2CC2)C2CCCCC2OC1c1ccccc1. The van der Waals surface area contributed by atoms with Gasteiger partial charge in [-0.3, -0.25) is 4.79 Å². The highest BCUT2D eigenvalue weighted by atomic mass is 16.5. The zero-order valence-electron chi connectivity index (χ0n) is 13.6. The molecule has 0 spiro atoms. The molecule has 1 aromatic carbocycles. The molecule has 2 aliphatic carbocycles. The molecule has 4 unspecified atom stereocenters. The van der Waals surface area contributed by atoms with E-state index in [-0.39, 0.29) is 24.2 Å². The predicted octanol–water partition coefficient (Wildman–Crippen LogP) is 2.63. The van der Waals surface area contributed by atoms with Crippen molar-refractivity contribution < 1.29 is 9.53 Å². The maximum absolute atomic E-state index is 13.1. The van der Waals surface area contributed by atoms with E-state index >= 15 is 0 Å². The number of carbonyl (C=O) groups excluding carboxylic acids is 1. The van der Waals surface area contributed by atoms with Crippen molar-refractivity contribution in [2.24, 2.45) is 11.7 Å². The molecule has 3 fully saturated rings. The number of hydrogen-bond acceptors (Lipinski definition) is 3. The lowest BCUT2D eigenvalue weighted by atomic mass is 9.91. The molecule has 0 aromatic heterocycles. The minimum atomic E-state index is -0.596. The molecule has 0 bridgehead atoms. The Morgan fingerprint density at radius 3 is 2.57 bits per heavy atom. The second-order valence-electron chi connectivity index (χ2n) is 7.32. The van der Waals surface area contributed by atoms with Crippen molar-refractivity contribution in [2.45, 2.75) is 62.8 Å². The van der Waals surface area contributed by atoms with Gasteiger partial charge in [-0.1, -0.05) is 43.2 Å². The van der Waals surface area contributed by atoms with Gasteiger partial charge in [-0.05, 0) is 37.2 Å². The van der Waals surface area contributed by atoms with Gasteiger partial charge in [0, 0.05) is 6.54 Å². The standard InChI is InChI=1S/C19H26N2O2/c20-17-18(14-6-2-1-3-7-14)23-16-9-5-4-8-15(16)21(19(17)22)12-13-10-11-13/h1-3,6-7,13,15-18H,4-5,8-12,20H2. The first-order chi connectivity index (χ1) is 11.2. The number of rotatable bonds is 3. The lowest BCUT2D eigenvalue weighted by Crippen LogP contribution is -2.51. The van der Waals surface area contributed by atoms with Crippen LogP contribution < -0.4 is 5.73 Å². The highest BCUT2D eigenvalue weighted by Crippen LogP contribution is 2.38. The van der Waals surface area contributed by atoms with Crippen LogP contribution in [0, 0.1) is 5.92 Å². The van der Waals surface area contributed by atoms with Crippen molar-refractivity contribution in [1.29, 1.82) is 0 Å². The van der Waals surface area contributed by atoms with Gasteiger partial charge in [0.25, 0.3) is 0 Å². The predicted molar refractivity (Wildman–Crippen MR) is 88.7 cm³/mol. The van der Waals surface area contributed by atoms with Crippen LogP contribution in [0.1, 0.15) is 50.2 Å². The zero-order chi connectivity index (χ0) is 15.8. The molecule has 1 aromatic rings. The van der Waals surface area contributed by atoms with E-state index in [1.54, 1.807) is 0 Å². The summed E-state index contributed by atoms with van der Waals surface area (Å²) in [5.74, 6) is 0.766. The lowest BCUT2D eigenvalue weighted by molar-refractivity contribution is -0.135. The van der Waals surface area contributed by atoms with Crippen molar-refractivity contribution >= 4 is 5.91 Å². The van der Waals surface area contributed by atoms with Gasteiger partial charge in [0.15, 0.2) is 0 Å². The molecule has 1 saturated heterocycles. The monoisotopic (exact) mass is 314 g/mol. The van der Waals surface area contributed by atoms with E-state index in [0.717, 1.165) is 24.9 Å². The minimum Gasteiger partial charge on any atom is -0.366 e. The summed E-state index contributed by atoms with van der Waals surface area (Å²) in [7, 11) is 0. The average Bonchev–Trinajstić information content (AvgIpc) is 3.42. The van der Waals surface area contributed by atoms with E-state index < -0.39 is 6.04 Å². The van der Waals surface area contributed by atoms with Crippen molar-refractivity contribution in [3.8, 4) is 0 Å². The average molecular weight is 314 g/mol. The van der Waals surface area contributed by atoms with Gasteiger partial charge in [0.05, 0.1) is 12.1 Å². The number of hydrogen-bond donors (Lipinski definition) is 1. The summed E-state index contributed by atoms with van der Waals surface area (Å²) in [6, 6.07) is 9.62. The first kappa shape index (κ1) is 15.2. The molecule has 1 heterocycles. The van der Waals surface area contributed by atoms with Crippen molar-refractivity contribution in [3.63, 3.8) is 0 Å². The van der Waals surface area contributed by atoms with E-state index in [1.165, 1.54) is 25.7 Å². The molecular formula is C19H26N2O2. The summed E-state index contributed by atoms with van der Waals surface area (Å²) in [5, 5.41) is 0. The quantitative estimate of drug-likeness (QED) is 0.933. The third kappa shape index (κ3) is 3.02. The topological polar surface area (TPSA) is 55.6 Å². The highest BCUT2D eigenvalue weighted by molar-refractivity contribution is 5.83. The summed E-state index contributed by atoms with van der Waals surface area (Å²) >= 11 is 0. The van der Waals surface area contributed by atoms with Crippen LogP contribution >= 0.6 is 0 Å². The number of ether oxygens (including phenoxy) is 1. The largest absolute Gasteiger partial charge is 0.366 e. The Bertz CT molecular complexity index is 558. The van der Waals surface area contributed by atoms with Crippen LogP contribution in [0.25, 0.3) is 0 Å². The van der Waals surface area contributed by atoms with Gasteiger partial charge in [-0.15, -0.1) is 0 Å². The molecule has 1 aliphatic heterocycles. The van der Waals surface area contributed by atoms with Gasteiger partial charge in [0.1, 0.15) is 12.1 Å². The Kier molecular flexibility index (Phi) is 4.12. The van der Waals surface area contributed by atoms with E-state index in [1.807, 2.05) is 30.3 Å². The third-order valence-corrected chi connectivity index (χ3v) is 5.56. The fraction of sp³-hybridized carbons (Fsp3) is 0.632. The number of benzene rings is 1. The van der Waals surface area contributed by atoms with Crippen LogP contribution in [-0.2, 0) is 9.53 Å². The van der Waals surface area contributed by atoms with E-state index in [2.05, 4.69) is 4.90 Å². The molecule has 1 amide bonds. The zero-order valence-corrected chi connectivity index (χ0v) is 13.6. The van der Waals surface area contributed by atoms with Gasteiger partial charge in [-0.25, -0.2) is 0 Å². The maximum Gasteiger partial charge on any atom is 0.242 e. The van der Waals surface area contributed by atoms with E-state index in [4.69, 9.17) is 10.5 Å². The molecule has 0 radical (unpaired) electrons. The Balaban J connectivity index is 1.65.